The van der Waals surface area contributed by atoms with E-state index < -0.39 is 0 Å². The van der Waals surface area contributed by atoms with E-state index in [-0.39, 0.29) is 6.04 Å². The van der Waals surface area contributed by atoms with Crippen molar-refractivity contribution in [2.75, 3.05) is 0 Å². The van der Waals surface area contributed by atoms with E-state index in [2.05, 4.69) is 22.5 Å². The molecule has 102 valence electrons. The molecule has 0 fully saturated rings. The first-order valence-corrected chi connectivity index (χ1v) is 6.57. The van der Waals surface area contributed by atoms with Crippen molar-refractivity contribution >= 4 is 10.9 Å². The number of aromatic nitrogens is 1. The SMILES string of the molecule is Cc1cc(C(NN)c2cccc3ncccc23)c(C)o1. The van der Waals surface area contributed by atoms with Gasteiger partial charge in [-0.2, -0.15) is 0 Å². The predicted molar refractivity (Wildman–Crippen MR) is 79.1 cm³/mol. The number of pyridine rings is 1. The van der Waals surface area contributed by atoms with E-state index in [9.17, 15) is 0 Å². The molecular weight excluding hydrogens is 250 g/mol. The van der Waals surface area contributed by atoms with Crippen LogP contribution in [0.4, 0.5) is 0 Å². The summed E-state index contributed by atoms with van der Waals surface area (Å²) in [5.41, 5.74) is 6.01. The predicted octanol–water partition coefficient (Wildman–Crippen LogP) is 3.00. The molecule has 4 nitrogen and oxygen atoms in total. The monoisotopic (exact) mass is 267 g/mol. The summed E-state index contributed by atoms with van der Waals surface area (Å²) in [5, 5.41) is 1.09. The van der Waals surface area contributed by atoms with Crippen molar-refractivity contribution in [3.63, 3.8) is 0 Å². The van der Waals surface area contributed by atoms with Crippen molar-refractivity contribution in [2.24, 2.45) is 5.84 Å². The summed E-state index contributed by atoms with van der Waals surface area (Å²) in [7, 11) is 0. The molecule has 0 aliphatic heterocycles. The molecule has 1 aromatic carbocycles. The van der Waals surface area contributed by atoms with Gasteiger partial charge in [-0.25, -0.2) is 5.43 Å². The Morgan fingerprint density at radius 2 is 2.00 bits per heavy atom. The molecule has 1 unspecified atom stereocenters. The summed E-state index contributed by atoms with van der Waals surface area (Å²) in [6.45, 7) is 3.89. The number of rotatable bonds is 3. The third kappa shape index (κ3) is 2.09. The van der Waals surface area contributed by atoms with Crippen LogP contribution < -0.4 is 11.3 Å². The number of fused-ring (bicyclic) bond motifs is 1. The van der Waals surface area contributed by atoms with Crippen LogP contribution in [0.25, 0.3) is 10.9 Å². The maximum Gasteiger partial charge on any atom is 0.106 e. The highest BCUT2D eigenvalue weighted by atomic mass is 16.3. The summed E-state index contributed by atoms with van der Waals surface area (Å²) in [4.78, 5) is 4.39. The smallest absolute Gasteiger partial charge is 0.106 e. The van der Waals surface area contributed by atoms with E-state index in [1.165, 1.54) is 0 Å². The lowest BCUT2D eigenvalue weighted by Crippen LogP contribution is -2.29. The average molecular weight is 267 g/mol. The van der Waals surface area contributed by atoms with Gasteiger partial charge in [0.25, 0.3) is 0 Å². The van der Waals surface area contributed by atoms with E-state index in [0.717, 1.165) is 33.6 Å². The topological polar surface area (TPSA) is 64.1 Å². The quantitative estimate of drug-likeness (QED) is 0.565. The van der Waals surface area contributed by atoms with Crippen molar-refractivity contribution < 1.29 is 4.42 Å². The molecule has 2 aromatic heterocycles. The van der Waals surface area contributed by atoms with Crippen molar-refractivity contribution in [1.82, 2.24) is 10.4 Å². The summed E-state index contributed by atoms with van der Waals surface area (Å²) in [6, 6.07) is 12.0. The second-order valence-electron chi connectivity index (χ2n) is 4.89. The molecule has 0 aliphatic rings. The average Bonchev–Trinajstić information content (AvgIpc) is 2.79. The Kier molecular flexibility index (Phi) is 3.26. The summed E-state index contributed by atoms with van der Waals surface area (Å²) in [6.07, 6.45) is 1.80. The van der Waals surface area contributed by atoms with Gasteiger partial charge in [-0.15, -0.1) is 0 Å². The minimum atomic E-state index is -0.111. The third-order valence-corrected chi connectivity index (χ3v) is 3.55. The fourth-order valence-corrected chi connectivity index (χ4v) is 2.66. The van der Waals surface area contributed by atoms with Gasteiger partial charge >= 0.3 is 0 Å². The van der Waals surface area contributed by atoms with Gasteiger partial charge in [0.2, 0.25) is 0 Å². The minimum Gasteiger partial charge on any atom is -0.466 e. The molecule has 3 rings (SSSR count). The summed E-state index contributed by atoms with van der Waals surface area (Å²) in [5.74, 6) is 7.56. The number of aryl methyl sites for hydroxylation is 2. The molecule has 0 bridgehead atoms. The van der Waals surface area contributed by atoms with Crippen molar-refractivity contribution in [3.05, 3.63) is 65.2 Å². The molecule has 4 heteroatoms. The fourth-order valence-electron chi connectivity index (χ4n) is 2.66. The van der Waals surface area contributed by atoms with Crippen LogP contribution in [0.2, 0.25) is 0 Å². The lowest BCUT2D eigenvalue weighted by atomic mass is 9.96. The number of nitrogens with one attached hydrogen (secondary N) is 1. The number of furan rings is 1. The van der Waals surface area contributed by atoms with Crippen LogP contribution in [0.1, 0.15) is 28.7 Å². The first-order chi connectivity index (χ1) is 9.70. The zero-order chi connectivity index (χ0) is 14.1. The molecule has 0 spiro atoms. The lowest BCUT2D eigenvalue weighted by Gasteiger charge is -2.17. The fraction of sp³-hybridized carbons (Fsp3) is 0.188. The molecule has 0 aliphatic carbocycles. The van der Waals surface area contributed by atoms with Crippen LogP contribution in [0.5, 0.6) is 0 Å². The maximum absolute atomic E-state index is 5.79. The maximum atomic E-state index is 5.79. The highest BCUT2D eigenvalue weighted by molar-refractivity contribution is 5.83. The second kappa shape index (κ2) is 5.07. The highest BCUT2D eigenvalue weighted by Crippen LogP contribution is 2.30. The van der Waals surface area contributed by atoms with Crippen LogP contribution in [0.15, 0.2) is 47.0 Å². The molecule has 0 amide bonds. The Morgan fingerprint density at radius 3 is 2.70 bits per heavy atom. The van der Waals surface area contributed by atoms with Crippen molar-refractivity contribution in [3.8, 4) is 0 Å². The van der Waals surface area contributed by atoms with Crippen LogP contribution in [-0.4, -0.2) is 4.98 Å². The van der Waals surface area contributed by atoms with E-state index in [4.69, 9.17) is 10.3 Å². The molecule has 0 radical (unpaired) electrons. The number of hydrogen-bond donors (Lipinski definition) is 2. The number of hydrogen-bond acceptors (Lipinski definition) is 4. The van der Waals surface area contributed by atoms with Crippen molar-refractivity contribution in [2.45, 2.75) is 19.9 Å². The minimum absolute atomic E-state index is 0.111. The normalized spacial score (nSPS) is 12.8. The van der Waals surface area contributed by atoms with Gasteiger partial charge in [-0.05, 0) is 37.6 Å². The number of nitrogens with zero attached hydrogens (tertiary/aromatic N) is 1. The molecule has 0 saturated carbocycles. The highest BCUT2D eigenvalue weighted by Gasteiger charge is 2.19. The Morgan fingerprint density at radius 1 is 1.15 bits per heavy atom. The first kappa shape index (κ1) is 12.8. The first-order valence-electron chi connectivity index (χ1n) is 6.57. The Hall–Kier alpha value is -2.17. The second-order valence-corrected chi connectivity index (χ2v) is 4.89. The molecule has 0 saturated heterocycles. The number of nitrogens with two attached hydrogens (primary N) is 1. The van der Waals surface area contributed by atoms with Gasteiger partial charge in [-0.3, -0.25) is 10.8 Å². The number of hydrazine groups is 1. The van der Waals surface area contributed by atoms with Gasteiger partial charge < -0.3 is 4.42 Å². The summed E-state index contributed by atoms with van der Waals surface area (Å²) < 4.78 is 5.62. The molecule has 3 aromatic rings. The standard InChI is InChI=1S/C16H17N3O/c1-10-9-14(11(2)20-10)16(19-17)13-5-3-7-15-12(13)6-4-8-18-15/h3-9,16,19H,17H2,1-2H3. The van der Waals surface area contributed by atoms with Crippen LogP contribution in [-0.2, 0) is 0 Å². The molecule has 1 atom stereocenters. The van der Waals surface area contributed by atoms with E-state index in [1.54, 1.807) is 6.20 Å². The van der Waals surface area contributed by atoms with Gasteiger partial charge in [0.15, 0.2) is 0 Å². The van der Waals surface area contributed by atoms with Crippen LogP contribution >= 0.6 is 0 Å². The Bertz CT molecular complexity index is 743. The van der Waals surface area contributed by atoms with Gasteiger partial charge in [0.05, 0.1) is 11.6 Å². The summed E-state index contributed by atoms with van der Waals surface area (Å²) >= 11 is 0. The van der Waals surface area contributed by atoms with Gasteiger partial charge in [0.1, 0.15) is 11.5 Å². The zero-order valence-electron chi connectivity index (χ0n) is 11.6. The molecule has 3 N–H and O–H groups in total. The molecule has 20 heavy (non-hydrogen) atoms. The number of benzene rings is 1. The Balaban J connectivity index is 2.19. The van der Waals surface area contributed by atoms with Crippen molar-refractivity contribution in [1.29, 1.82) is 0 Å². The lowest BCUT2D eigenvalue weighted by molar-refractivity contribution is 0.495. The van der Waals surface area contributed by atoms with E-state index in [1.807, 2.05) is 38.1 Å². The van der Waals surface area contributed by atoms with Gasteiger partial charge in [0, 0.05) is 17.1 Å². The zero-order valence-corrected chi connectivity index (χ0v) is 11.6. The molecular formula is C16H17N3O. The van der Waals surface area contributed by atoms with Crippen LogP contribution in [0, 0.1) is 13.8 Å². The van der Waals surface area contributed by atoms with E-state index in [0.29, 0.717) is 0 Å². The molecule has 2 heterocycles. The van der Waals surface area contributed by atoms with E-state index >= 15 is 0 Å². The largest absolute Gasteiger partial charge is 0.466 e. The third-order valence-electron chi connectivity index (χ3n) is 3.55. The van der Waals surface area contributed by atoms with Crippen LogP contribution in [0.3, 0.4) is 0 Å². The van der Waals surface area contributed by atoms with Gasteiger partial charge in [-0.1, -0.05) is 18.2 Å². The Labute approximate surface area is 117 Å².